The van der Waals surface area contributed by atoms with E-state index < -0.39 is 22.7 Å². The van der Waals surface area contributed by atoms with Crippen LogP contribution < -0.4 is 4.90 Å². The molecule has 0 spiro atoms. The van der Waals surface area contributed by atoms with E-state index in [0.717, 1.165) is 10.3 Å². The average molecular weight is 488 g/mol. The van der Waals surface area contributed by atoms with Gasteiger partial charge in [-0.2, -0.15) is 0 Å². The monoisotopic (exact) mass is 488 g/mol. The molecule has 178 valence electrons. The van der Waals surface area contributed by atoms with E-state index in [4.69, 9.17) is 0 Å². The van der Waals surface area contributed by atoms with Crippen LogP contribution in [0.2, 0.25) is 0 Å². The molecule has 8 nitrogen and oxygen atoms in total. The first-order valence-corrected chi connectivity index (χ1v) is 11.3. The van der Waals surface area contributed by atoms with Gasteiger partial charge in [-0.25, -0.2) is 9.69 Å². The fraction of sp³-hybridized carbons (Fsp3) is 0. The Morgan fingerprint density at radius 1 is 0.784 bits per heavy atom. The molecular formula is C29H16N2O6. The second-order valence-corrected chi connectivity index (χ2v) is 8.63. The Hall–Kier alpha value is -5.37. The number of nitrogens with zero attached hydrogens (tertiary/aromatic N) is 2. The number of fused-ring (bicyclic) bond motifs is 1. The number of aromatic carboxylic acids is 1. The van der Waals surface area contributed by atoms with Gasteiger partial charge in [0.2, 0.25) is 0 Å². The molecule has 5 aromatic carbocycles. The van der Waals surface area contributed by atoms with Gasteiger partial charge in [0.25, 0.3) is 17.5 Å². The summed E-state index contributed by atoms with van der Waals surface area (Å²) < 4.78 is 0. The summed E-state index contributed by atoms with van der Waals surface area (Å²) in [6.07, 6.45) is 0. The lowest BCUT2D eigenvalue weighted by molar-refractivity contribution is -0.384. The van der Waals surface area contributed by atoms with Gasteiger partial charge in [-0.05, 0) is 40.6 Å². The molecule has 0 aliphatic carbocycles. The zero-order valence-electron chi connectivity index (χ0n) is 19.0. The maximum atomic E-state index is 13.8. The number of benzene rings is 5. The molecule has 0 aromatic heterocycles. The van der Waals surface area contributed by atoms with Crippen molar-refractivity contribution in [1.29, 1.82) is 0 Å². The number of rotatable bonds is 4. The highest BCUT2D eigenvalue weighted by molar-refractivity contribution is 6.38. The molecule has 0 fully saturated rings. The zero-order chi connectivity index (χ0) is 25.8. The normalized spacial score (nSPS) is 12.8. The third kappa shape index (κ3) is 3.27. The van der Waals surface area contributed by atoms with E-state index >= 15 is 0 Å². The molecular weight excluding hydrogens is 472 g/mol. The number of hydrogen-bond acceptors (Lipinski definition) is 5. The quantitative estimate of drug-likeness (QED) is 0.186. The Morgan fingerprint density at radius 3 is 2.16 bits per heavy atom. The molecule has 0 saturated heterocycles. The summed E-state index contributed by atoms with van der Waals surface area (Å²) in [4.78, 5) is 51.6. The van der Waals surface area contributed by atoms with Crippen LogP contribution in [0, 0.1) is 10.1 Å². The SMILES string of the molecule is O=C(O)c1ccc(-c2c([N+](=O)[O-])cc3c4c(cccc24)C(=O)N(c2cccc4ccccc24)C3=O)cc1. The Labute approximate surface area is 209 Å². The van der Waals surface area contributed by atoms with Crippen LogP contribution in [0.15, 0.2) is 91.0 Å². The topological polar surface area (TPSA) is 118 Å². The minimum absolute atomic E-state index is 0.0326. The number of imide groups is 1. The second-order valence-electron chi connectivity index (χ2n) is 8.63. The van der Waals surface area contributed by atoms with Gasteiger partial charge >= 0.3 is 5.97 Å². The first kappa shape index (κ1) is 22.1. The largest absolute Gasteiger partial charge is 0.478 e. The Balaban J connectivity index is 1.63. The number of anilines is 1. The molecule has 5 aromatic rings. The highest BCUT2D eigenvalue weighted by Crippen LogP contribution is 2.43. The smallest absolute Gasteiger partial charge is 0.335 e. The predicted molar refractivity (Wildman–Crippen MR) is 138 cm³/mol. The van der Waals surface area contributed by atoms with Crippen molar-refractivity contribution in [3.8, 4) is 11.1 Å². The zero-order valence-corrected chi connectivity index (χ0v) is 19.0. The summed E-state index contributed by atoms with van der Waals surface area (Å²) in [5.41, 5.74) is 1.02. The molecule has 0 saturated carbocycles. The summed E-state index contributed by atoms with van der Waals surface area (Å²) in [6, 6.07) is 24.4. The molecule has 2 amide bonds. The number of nitro groups is 1. The van der Waals surface area contributed by atoms with E-state index in [1.54, 1.807) is 30.3 Å². The highest BCUT2D eigenvalue weighted by Gasteiger charge is 2.37. The van der Waals surface area contributed by atoms with E-state index in [9.17, 15) is 29.6 Å². The van der Waals surface area contributed by atoms with Gasteiger partial charge in [-0.1, -0.05) is 60.7 Å². The lowest BCUT2D eigenvalue weighted by atomic mass is 9.87. The van der Waals surface area contributed by atoms with Gasteiger partial charge in [-0.3, -0.25) is 19.7 Å². The first-order chi connectivity index (χ1) is 17.9. The summed E-state index contributed by atoms with van der Waals surface area (Å²) in [7, 11) is 0. The van der Waals surface area contributed by atoms with Gasteiger partial charge in [0.1, 0.15) is 0 Å². The number of carboxylic acids is 1. The molecule has 37 heavy (non-hydrogen) atoms. The molecule has 0 unspecified atom stereocenters. The number of carbonyl (C=O) groups excluding carboxylic acids is 2. The summed E-state index contributed by atoms with van der Waals surface area (Å²) in [5, 5.41) is 23.7. The summed E-state index contributed by atoms with van der Waals surface area (Å²) in [5.74, 6) is -2.30. The number of carboxylic acid groups (broad SMARTS) is 1. The lowest BCUT2D eigenvalue weighted by Gasteiger charge is -2.28. The summed E-state index contributed by atoms with van der Waals surface area (Å²) >= 11 is 0. The van der Waals surface area contributed by atoms with Crippen molar-refractivity contribution in [2.75, 3.05) is 4.90 Å². The Morgan fingerprint density at radius 2 is 1.43 bits per heavy atom. The van der Waals surface area contributed by atoms with Gasteiger partial charge in [0.15, 0.2) is 0 Å². The number of nitro benzene ring substituents is 1. The third-order valence-corrected chi connectivity index (χ3v) is 6.63. The van der Waals surface area contributed by atoms with E-state index in [-0.39, 0.29) is 27.9 Å². The number of amides is 2. The maximum absolute atomic E-state index is 13.8. The minimum atomic E-state index is -1.12. The van der Waals surface area contributed by atoms with Crippen molar-refractivity contribution in [3.05, 3.63) is 118 Å². The van der Waals surface area contributed by atoms with Gasteiger partial charge < -0.3 is 5.11 Å². The van der Waals surface area contributed by atoms with Crippen LogP contribution in [-0.4, -0.2) is 27.8 Å². The molecule has 6 rings (SSSR count). The van der Waals surface area contributed by atoms with E-state index in [1.807, 2.05) is 30.3 Å². The van der Waals surface area contributed by atoms with E-state index in [2.05, 4.69) is 0 Å². The number of hydrogen-bond donors (Lipinski definition) is 1. The van der Waals surface area contributed by atoms with Crippen LogP contribution in [0.3, 0.4) is 0 Å². The molecule has 1 heterocycles. The van der Waals surface area contributed by atoms with Crippen LogP contribution in [-0.2, 0) is 0 Å². The fourth-order valence-electron chi connectivity index (χ4n) is 5.00. The van der Waals surface area contributed by atoms with Gasteiger partial charge in [0, 0.05) is 22.4 Å². The maximum Gasteiger partial charge on any atom is 0.335 e. The molecule has 0 atom stereocenters. The standard InChI is InChI=1S/C29H16N2O6/c32-27-21-9-4-8-20-25(17-11-13-18(14-12-17)29(34)35)24(31(36)37)15-22(26(20)21)28(33)30(27)23-10-3-6-16-5-1-2-7-19(16)23/h1-15H,(H,34,35). The molecule has 1 N–H and O–H groups in total. The molecule has 0 bridgehead atoms. The molecule has 1 aliphatic rings. The van der Waals surface area contributed by atoms with Crippen molar-refractivity contribution in [2.45, 2.75) is 0 Å². The molecule has 8 heteroatoms. The Bertz CT molecular complexity index is 1820. The van der Waals surface area contributed by atoms with Crippen LogP contribution in [0.4, 0.5) is 11.4 Å². The molecule has 0 radical (unpaired) electrons. The lowest BCUT2D eigenvalue weighted by Crippen LogP contribution is -2.40. The van der Waals surface area contributed by atoms with Gasteiger partial charge in [0.05, 0.1) is 27.3 Å². The highest BCUT2D eigenvalue weighted by atomic mass is 16.6. The van der Waals surface area contributed by atoms with Crippen LogP contribution in [0.5, 0.6) is 0 Å². The van der Waals surface area contributed by atoms with Crippen LogP contribution >= 0.6 is 0 Å². The Kier molecular flexibility index (Phi) is 4.84. The van der Waals surface area contributed by atoms with E-state index in [0.29, 0.717) is 27.4 Å². The fourth-order valence-corrected chi connectivity index (χ4v) is 5.00. The first-order valence-electron chi connectivity index (χ1n) is 11.3. The minimum Gasteiger partial charge on any atom is -0.478 e. The van der Waals surface area contributed by atoms with Crippen molar-refractivity contribution >= 4 is 50.7 Å². The third-order valence-electron chi connectivity index (χ3n) is 6.63. The predicted octanol–water partition coefficient (Wildman–Crippen LogP) is 6.07. The summed E-state index contributed by atoms with van der Waals surface area (Å²) in [6.45, 7) is 0. The van der Waals surface area contributed by atoms with Crippen molar-refractivity contribution in [3.63, 3.8) is 0 Å². The molecule has 1 aliphatic heterocycles. The average Bonchev–Trinajstić information content (AvgIpc) is 2.91. The van der Waals surface area contributed by atoms with Crippen molar-refractivity contribution in [1.82, 2.24) is 0 Å². The van der Waals surface area contributed by atoms with Gasteiger partial charge in [-0.15, -0.1) is 0 Å². The van der Waals surface area contributed by atoms with Crippen molar-refractivity contribution < 1.29 is 24.4 Å². The second kappa shape index (κ2) is 8.10. The van der Waals surface area contributed by atoms with Crippen molar-refractivity contribution in [2.24, 2.45) is 0 Å². The number of carbonyl (C=O) groups is 3. The van der Waals surface area contributed by atoms with E-state index in [1.165, 1.54) is 30.3 Å². The van der Waals surface area contributed by atoms with Crippen LogP contribution in [0.1, 0.15) is 31.1 Å². The van der Waals surface area contributed by atoms with Crippen LogP contribution in [0.25, 0.3) is 32.7 Å².